The fraction of sp³-hybridized carbons (Fsp3) is 0.333. The smallest absolute Gasteiger partial charge is 0.331 e. The van der Waals surface area contributed by atoms with Crippen LogP contribution in [0.15, 0.2) is 50.6 Å². The van der Waals surface area contributed by atoms with E-state index in [-0.39, 0.29) is 11.2 Å². The van der Waals surface area contributed by atoms with E-state index in [1.807, 2.05) is 31.2 Å². The first kappa shape index (κ1) is 15.6. The highest BCUT2D eigenvalue weighted by Gasteiger charge is 2.04. The minimum absolute atomic E-state index is 0.248. The number of nitrogens with one attached hydrogen (secondary N) is 1. The minimum Gasteiger partial charge on any atom is -0.383 e. The van der Waals surface area contributed by atoms with Crippen molar-refractivity contribution in [2.24, 2.45) is 0 Å². The molecule has 21 heavy (non-hydrogen) atoms. The maximum atomic E-state index is 12.2. The lowest BCUT2D eigenvalue weighted by Gasteiger charge is -2.10. The van der Waals surface area contributed by atoms with Crippen LogP contribution < -0.4 is 16.6 Å². The molecular formula is C15H18BrN3O2. The SMILES string of the molecule is CCCn1ccc(=O)n(CCNc2ccc(Br)cc2)c1=O. The number of hydrogen-bond acceptors (Lipinski definition) is 3. The number of halogens is 1. The van der Waals surface area contributed by atoms with Gasteiger partial charge in [-0.05, 0) is 30.7 Å². The summed E-state index contributed by atoms with van der Waals surface area (Å²) in [6, 6.07) is 9.19. The molecule has 6 heteroatoms. The van der Waals surface area contributed by atoms with Gasteiger partial charge in [-0.3, -0.25) is 9.36 Å². The Morgan fingerprint density at radius 1 is 1.10 bits per heavy atom. The van der Waals surface area contributed by atoms with E-state index in [0.717, 1.165) is 16.6 Å². The molecule has 2 rings (SSSR count). The van der Waals surface area contributed by atoms with Gasteiger partial charge >= 0.3 is 5.69 Å². The van der Waals surface area contributed by atoms with Crippen LogP contribution >= 0.6 is 15.9 Å². The summed E-state index contributed by atoms with van der Waals surface area (Å²) in [7, 11) is 0. The van der Waals surface area contributed by atoms with Crippen LogP contribution in [0, 0.1) is 0 Å². The summed E-state index contributed by atoms with van der Waals surface area (Å²) >= 11 is 3.37. The van der Waals surface area contributed by atoms with Crippen molar-refractivity contribution >= 4 is 21.6 Å². The Kier molecular flexibility index (Phi) is 5.38. The van der Waals surface area contributed by atoms with Crippen LogP contribution in [0.5, 0.6) is 0 Å². The number of anilines is 1. The molecule has 1 N–H and O–H groups in total. The predicted molar refractivity (Wildman–Crippen MR) is 87.9 cm³/mol. The van der Waals surface area contributed by atoms with Crippen LogP contribution in [0.2, 0.25) is 0 Å². The molecule has 0 radical (unpaired) electrons. The maximum absolute atomic E-state index is 12.2. The summed E-state index contributed by atoms with van der Waals surface area (Å²) < 4.78 is 3.84. The normalized spacial score (nSPS) is 10.6. The summed E-state index contributed by atoms with van der Waals surface area (Å²) in [4.78, 5) is 24.0. The zero-order chi connectivity index (χ0) is 15.2. The minimum atomic E-state index is -0.259. The lowest BCUT2D eigenvalue weighted by Crippen LogP contribution is -2.40. The molecule has 112 valence electrons. The monoisotopic (exact) mass is 351 g/mol. The van der Waals surface area contributed by atoms with Crippen LogP contribution in [0.3, 0.4) is 0 Å². The van der Waals surface area contributed by atoms with Gasteiger partial charge < -0.3 is 9.88 Å². The van der Waals surface area contributed by atoms with Crippen LogP contribution in [-0.2, 0) is 13.1 Å². The molecule has 2 aromatic rings. The summed E-state index contributed by atoms with van der Waals surface area (Å²) in [6.07, 6.45) is 2.42. The average molecular weight is 352 g/mol. The summed E-state index contributed by atoms with van der Waals surface area (Å²) in [5.41, 5.74) is 0.447. The van der Waals surface area contributed by atoms with Gasteiger partial charge in [0, 0.05) is 42.1 Å². The molecule has 0 fully saturated rings. The molecule has 0 aliphatic carbocycles. The second kappa shape index (κ2) is 7.26. The molecule has 0 unspecified atom stereocenters. The van der Waals surface area contributed by atoms with Crippen LogP contribution in [0.1, 0.15) is 13.3 Å². The standard InChI is InChI=1S/C15H18BrN3O2/c1-2-9-18-10-7-14(20)19(15(18)21)11-8-17-13-5-3-12(16)4-6-13/h3-7,10,17H,2,8-9,11H2,1H3. The first-order valence-electron chi connectivity index (χ1n) is 6.91. The van der Waals surface area contributed by atoms with Crippen molar-refractivity contribution in [2.75, 3.05) is 11.9 Å². The van der Waals surface area contributed by atoms with Crippen molar-refractivity contribution in [3.05, 3.63) is 61.8 Å². The molecular weight excluding hydrogens is 334 g/mol. The third-order valence-corrected chi connectivity index (χ3v) is 3.64. The zero-order valence-electron chi connectivity index (χ0n) is 11.9. The van der Waals surface area contributed by atoms with Crippen molar-refractivity contribution in [2.45, 2.75) is 26.4 Å². The van der Waals surface area contributed by atoms with Gasteiger partial charge in [0.15, 0.2) is 0 Å². The fourth-order valence-electron chi connectivity index (χ4n) is 2.05. The Hall–Kier alpha value is -1.82. The van der Waals surface area contributed by atoms with E-state index < -0.39 is 0 Å². The van der Waals surface area contributed by atoms with Crippen molar-refractivity contribution in [3.63, 3.8) is 0 Å². The number of rotatable bonds is 6. The molecule has 0 saturated carbocycles. The molecule has 1 aromatic carbocycles. The van der Waals surface area contributed by atoms with E-state index in [4.69, 9.17) is 0 Å². The van der Waals surface area contributed by atoms with E-state index >= 15 is 0 Å². The molecule has 0 aliphatic rings. The molecule has 1 aromatic heterocycles. The highest BCUT2D eigenvalue weighted by Crippen LogP contribution is 2.13. The highest BCUT2D eigenvalue weighted by molar-refractivity contribution is 9.10. The van der Waals surface area contributed by atoms with Crippen molar-refractivity contribution in [1.29, 1.82) is 0 Å². The fourth-order valence-corrected chi connectivity index (χ4v) is 2.32. The Balaban J connectivity index is 2.06. The van der Waals surface area contributed by atoms with Gasteiger partial charge in [-0.25, -0.2) is 4.79 Å². The highest BCUT2D eigenvalue weighted by atomic mass is 79.9. The molecule has 0 bridgehead atoms. The lowest BCUT2D eigenvalue weighted by atomic mass is 10.3. The number of benzene rings is 1. The summed E-state index contributed by atoms with van der Waals surface area (Å²) in [5, 5.41) is 3.20. The number of aromatic nitrogens is 2. The second-order valence-corrected chi connectivity index (χ2v) is 5.63. The third kappa shape index (κ3) is 4.07. The van der Waals surface area contributed by atoms with E-state index in [2.05, 4.69) is 21.2 Å². The Labute approximate surface area is 131 Å². The predicted octanol–water partition coefficient (Wildman–Crippen LogP) is 2.29. The molecule has 0 atom stereocenters. The van der Waals surface area contributed by atoms with Gasteiger partial charge in [-0.15, -0.1) is 0 Å². The zero-order valence-corrected chi connectivity index (χ0v) is 13.5. The first-order chi connectivity index (χ1) is 10.1. The summed E-state index contributed by atoms with van der Waals surface area (Å²) in [6.45, 7) is 3.49. The van der Waals surface area contributed by atoms with Crippen molar-refractivity contribution in [3.8, 4) is 0 Å². The maximum Gasteiger partial charge on any atom is 0.331 e. The average Bonchev–Trinajstić information content (AvgIpc) is 2.48. The van der Waals surface area contributed by atoms with E-state index in [0.29, 0.717) is 19.6 Å². The van der Waals surface area contributed by atoms with Gasteiger partial charge in [0.25, 0.3) is 5.56 Å². The molecule has 1 heterocycles. The van der Waals surface area contributed by atoms with Gasteiger partial charge in [-0.1, -0.05) is 22.9 Å². The molecule has 0 spiro atoms. The van der Waals surface area contributed by atoms with E-state index in [9.17, 15) is 9.59 Å². The van der Waals surface area contributed by atoms with Crippen LogP contribution in [-0.4, -0.2) is 15.7 Å². The number of hydrogen-bond donors (Lipinski definition) is 1. The topological polar surface area (TPSA) is 56.0 Å². The molecule has 0 saturated heterocycles. The van der Waals surface area contributed by atoms with Crippen molar-refractivity contribution in [1.82, 2.24) is 9.13 Å². The van der Waals surface area contributed by atoms with Gasteiger partial charge in [0.1, 0.15) is 0 Å². The number of aryl methyl sites for hydroxylation is 1. The largest absolute Gasteiger partial charge is 0.383 e. The second-order valence-electron chi connectivity index (χ2n) is 4.72. The quantitative estimate of drug-likeness (QED) is 0.868. The molecule has 0 amide bonds. The molecule has 0 aliphatic heterocycles. The number of nitrogens with zero attached hydrogens (tertiary/aromatic N) is 2. The first-order valence-corrected chi connectivity index (χ1v) is 7.71. The lowest BCUT2D eigenvalue weighted by molar-refractivity contribution is 0.555. The van der Waals surface area contributed by atoms with Crippen LogP contribution in [0.4, 0.5) is 5.69 Å². The van der Waals surface area contributed by atoms with E-state index in [1.54, 1.807) is 10.8 Å². The van der Waals surface area contributed by atoms with E-state index in [1.165, 1.54) is 10.6 Å². The molecule has 5 nitrogen and oxygen atoms in total. The Morgan fingerprint density at radius 3 is 2.48 bits per heavy atom. The Bertz CT molecular complexity index is 704. The third-order valence-electron chi connectivity index (χ3n) is 3.11. The van der Waals surface area contributed by atoms with Crippen molar-refractivity contribution < 1.29 is 0 Å². The van der Waals surface area contributed by atoms with Gasteiger partial charge in [-0.2, -0.15) is 0 Å². The Morgan fingerprint density at radius 2 is 1.81 bits per heavy atom. The van der Waals surface area contributed by atoms with Gasteiger partial charge in [0.2, 0.25) is 0 Å². The van der Waals surface area contributed by atoms with Crippen LogP contribution in [0.25, 0.3) is 0 Å². The van der Waals surface area contributed by atoms with Gasteiger partial charge in [0.05, 0.1) is 0 Å². The summed E-state index contributed by atoms with van der Waals surface area (Å²) in [5.74, 6) is 0.